The van der Waals surface area contributed by atoms with Gasteiger partial charge < -0.3 is 10.2 Å². The first-order valence-corrected chi connectivity index (χ1v) is 9.31. The first-order valence-electron chi connectivity index (χ1n) is 8.93. The molecule has 0 bridgehead atoms. The number of carbonyl (C=O) groups is 1. The lowest BCUT2D eigenvalue weighted by Gasteiger charge is -2.36. The molecule has 2 aromatic carbocycles. The highest BCUT2D eigenvalue weighted by Crippen LogP contribution is 2.32. The Morgan fingerprint density at radius 1 is 1.11 bits per heavy atom. The largest absolute Gasteiger partial charge is 0.416 e. The van der Waals surface area contributed by atoms with Gasteiger partial charge >= 0.3 is 6.18 Å². The van der Waals surface area contributed by atoms with E-state index in [9.17, 15) is 18.0 Å². The van der Waals surface area contributed by atoms with Gasteiger partial charge in [0.05, 0.1) is 22.8 Å². The number of alkyl halides is 3. The van der Waals surface area contributed by atoms with Crippen molar-refractivity contribution in [2.75, 3.05) is 42.9 Å². The van der Waals surface area contributed by atoms with Gasteiger partial charge in [0.1, 0.15) is 0 Å². The zero-order chi connectivity index (χ0) is 20.3. The van der Waals surface area contributed by atoms with Crippen molar-refractivity contribution in [1.82, 2.24) is 4.90 Å². The van der Waals surface area contributed by atoms with Crippen molar-refractivity contribution in [2.24, 2.45) is 0 Å². The van der Waals surface area contributed by atoms with E-state index in [4.69, 9.17) is 11.6 Å². The number of aryl methyl sites for hydroxylation is 1. The van der Waals surface area contributed by atoms with Crippen LogP contribution in [-0.2, 0) is 11.0 Å². The Hall–Kier alpha value is -2.25. The number of amides is 1. The third kappa shape index (κ3) is 5.17. The lowest BCUT2D eigenvalue weighted by Crippen LogP contribution is -2.48. The van der Waals surface area contributed by atoms with E-state index in [1.807, 2.05) is 22.8 Å². The van der Waals surface area contributed by atoms with Crippen LogP contribution in [0.2, 0.25) is 5.02 Å². The predicted molar refractivity (Wildman–Crippen MR) is 105 cm³/mol. The molecule has 28 heavy (non-hydrogen) atoms. The molecule has 1 heterocycles. The molecule has 0 aliphatic carbocycles. The number of hydrogen-bond donors (Lipinski definition) is 1. The van der Waals surface area contributed by atoms with Crippen molar-refractivity contribution >= 4 is 28.9 Å². The first kappa shape index (κ1) is 20.5. The van der Waals surface area contributed by atoms with E-state index in [1.165, 1.54) is 12.1 Å². The molecular formula is C20H21ClF3N3O. The van der Waals surface area contributed by atoms with Gasteiger partial charge in [0.15, 0.2) is 0 Å². The highest BCUT2D eigenvalue weighted by Gasteiger charge is 2.31. The molecule has 1 amide bonds. The van der Waals surface area contributed by atoms with Gasteiger partial charge in [0.2, 0.25) is 5.91 Å². The summed E-state index contributed by atoms with van der Waals surface area (Å²) in [6, 6.07) is 10.8. The van der Waals surface area contributed by atoms with Gasteiger partial charge in [0, 0.05) is 31.9 Å². The van der Waals surface area contributed by atoms with Crippen molar-refractivity contribution in [3.8, 4) is 0 Å². The van der Waals surface area contributed by atoms with Crippen LogP contribution in [-0.4, -0.2) is 43.5 Å². The summed E-state index contributed by atoms with van der Waals surface area (Å²) in [6.45, 7) is 4.42. The molecule has 8 heteroatoms. The third-order valence-corrected chi connectivity index (χ3v) is 4.99. The Morgan fingerprint density at radius 3 is 2.46 bits per heavy atom. The average molecular weight is 412 g/mol. The molecule has 0 radical (unpaired) electrons. The van der Waals surface area contributed by atoms with Gasteiger partial charge in [0.25, 0.3) is 0 Å². The van der Waals surface area contributed by atoms with Gasteiger partial charge in [-0.15, -0.1) is 0 Å². The van der Waals surface area contributed by atoms with Crippen LogP contribution in [0.15, 0.2) is 42.5 Å². The van der Waals surface area contributed by atoms with Gasteiger partial charge in [-0.1, -0.05) is 23.7 Å². The van der Waals surface area contributed by atoms with E-state index in [0.717, 1.165) is 11.6 Å². The summed E-state index contributed by atoms with van der Waals surface area (Å²) in [5.41, 5.74) is 1.47. The highest BCUT2D eigenvalue weighted by atomic mass is 35.5. The second-order valence-corrected chi connectivity index (χ2v) is 7.25. The predicted octanol–water partition coefficient (Wildman–Crippen LogP) is 4.43. The van der Waals surface area contributed by atoms with Crippen LogP contribution < -0.4 is 10.2 Å². The number of nitrogens with zero attached hydrogens (tertiary/aromatic N) is 2. The van der Waals surface area contributed by atoms with Crippen molar-refractivity contribution in [1.29, 1.82) is 0 Å². The fourth-order valence-corrected chi connectivity index (χ4v) is 3.44. The Labute approximate surface area is 166 Å². The fourth-order valence-electron chi connectivity index (χ4n) is 3.16. The molecule has 4 nitrogen and oxygen atoms in total. The molecule has 1 aliphatic heterocycles. The van der Waals surface area contributed by atoms with E-state index in [0.29, 0.717) is 42.6 Å². The van der Waals surface area contributed by atoms with Gasteiger partial charge in [-0.25, -0.2) is 0 Å². The summed E-state index contributed by atoms with van der Waals surface area (Å²) in [6.07, 6.45) is -4.35. The number of carbonyl (C=O) groups excluding carboxylic acids is 1. The highest BCUT2D eigenvalue weighted by molar-refractivity contribution is 6.33. The molecule has 1 aliphatic rings. The topological polar surface area (TPSA) is 35.6 Å². The minimum atomic E-state index is -4.35. The number of anilines is 2. The minimum Gasteiger partial charge on any atom is -0.369 e. The number of halogens is 4. The summed E-state index contributed by atoms with van der Waals surface area (Å²) in [5.74, 6) is -0.168. The summed E-state index contributed by atoms with van der Waals surface area (Å²) >= 11 is 6.13. The second-order valence-electron chi connectivity index (χ2n) is 6.84. The van der Waals surface area contributed by atoms with Crippen molar-refractivity contribution in [3.63, 3.8) is 0 Å². The molecule has 0 saturated carbocycles. The Bertz CT molecular complexity index is 849. The van der Waals surface area contributed by atoms with Crippen LogP contribution >= 0.6 is 11.6 Å². The number of rotatable bonds is 4. The summed E-state index contributed by atoms with van der Waals surface area (Å²) in [4.78, 5) is 16.2. The summed E-state index contributed by atoms with van der Waals surface area (Å²) in [7, 11) is 0. The molecule has 0 unspecified atom stereocenters. The van der Waals surface area contributed by atoms with Crippen LogP contribution in [0.1, 0.15) is 11.1 Å². The third-order valence-electron chi connectivity index (χ3n) is 4.68. The lowest BCUT2D eigenvalue weighted by molar-refractivity contribution is -0.137. The van der Waals surface area contributed by atoms with Crippen LogP contribution in [0.25, 0.3) is 0 Å². The molecule has 1 fully saturated rings. The number of benzene rings is 2. The second kappa shape index (κ2) is 8.41. The maximum Gasteiger partial charge on any atom is 0.416 e. The van der Waals surface area contributed by atoms with Crippen molar-refractivity contribution < 1.29 is 18.0 Å². The number of nitrogens with one attached hydrogen (secondary N) is 1. The van der Waals surface area contributed by atoms with Gasteiger partial charge in [-0.3, -0.25) is 9.69 Å². The summed E-state index contributed by atoms with van der Waals surface area (Å²) < 4.78 is 38.7. The van der Waals surface area contributed by atoms with Crippen LogP contribution in [0.3, 0.4) is 0 Å². The van der Waals surface area contributed by atoms with E-state index >= 15 is 0 Å². The van der Waals surface area contributed by atoms with E-state index in [-0.39, 0.29) is 12.5 Å². The van der Waals surface area contributed by atoms with Gasteiger partial charge in [-0.05, 0) is 42.8 Å². The standard InChI is InChI=1S/C20H21ClF3N3O/c1-14-5-6-18(17(21)11-14)25-19(28)13-26-7-9-27(10-8-26)16-4-2-3-15(12-16)20(22,23)24/h2-6,11-12H,7-10,13H2,1H3,(H,25,28). The number of piperazine rings is 1. The van der Waals surface area contributed by atoms with E-state index in [2.05, 4.69) is 5.32 Å². The molecule has 0 spiro atoms. The summed E-state index contributed by atoms with van der Waals surface area (Å²) in [5, 5.41) is 3.29. The van der Waals surface area contributed by atoms with Crippen molar-refractivity contribution in [3.05, 3.63) is 58.6 Å². The molecule has 150 valence electrons. The Kier molecular flexibility index (Phi) is 6.15. The zero-order valence-corrected chi connectivity index (χ0v) is 16.1. The van der Waals surface area contributed by atoms with Crippen LogP contribution in [0.5, 0.6) is 0 Å². The lowest BCUT2D eigenvalue weighted by atomic mass is 10.1. The minimum absolute atomic E-state index is 0.168. The number of hydrogen-bond acceptors (Lipinski definition) is 3. The zero-order valence-electron chi connectivity index (χ0n) is 15.4. The van der Waals surface area contributed by atoms with Crippen molar-refractivity contribution in [2.45, 2.75) is 13.1 Å². The maximum atomic E-state index is 12.9. The van der Waals surface area contributed by atoms with E-state index in [1.54, 1.807) is 18.2 Å². The molecule has 0 atom stereocenters. The molecule has 1 N–H and O–H groups in total. The van der Waals surface area contributed by atoms with Crippen LogP contribution in [0, 0.1) is 6.92 Å². The monoisotopic (exact) mass is 411 g/mol. The smallest absolute Gasteiger partial charge is 0.369 e. The van der Waals surface area contributed by atoms with Crippen LogP contribution in [0.4, 0.5) is 24.5 Å². The van der Waals surface area contributed by atoms with Gasteiger partial charge in [-0.2, -0.15) is 13.2 Å². The normalized spacial score (nSPS) is 15.5. The van der Waals surface area contributed by atoms with E-state index < -0.39 is 11.7 Å². The molecule has 1 saturated heterocycles. The fraction of sp³-hybridized carbons (Fsp3) is 0.350. The maximum absolute atomic E-state index is 12.9. The Morgan fingerprint density at radius 2 is 1.82 bits per heavy atom. The average Bonchev–Trinajstić information content (AvgIpc) is 2.64. The molecule has 0 aromatic heterocycles. The Balaban J connectivity index is 1.53. The SMILES string of the molecule is Cc1ccc(NC(=O)CN2CCN(c3cccc(C(F)(F)F)c3)CC2)c(Cl)c1. The molecular weight excluding hydrogens is 391 g/mol. The molecule has 3 rings (SSSR count). The quantitative estimate of drug-likeness (QED) is 0.808. The molecule has 2 aromatic rings. The first-order chi connectivity index (χ1) is 13.2.